The topological polar surface area (TPSA) is 110 Å². The minimum Gasteiger partial charge on any atom is -0.346 e. The lowest BCUT2D eigenvalue weighted by Gasteiger charge is -2.32. The molecule has 8 nitrogen and oxygen atoms in total. The highest BCUT2D eigenvalue weighted by Gasteiger charge is 2.37. The predicted molar refractivity (Wildman–Crippen MR) is 202 cm³/mol. The summed E-state index contributed by atoms with van der Waals surface area (Å²) in [6.45, 7) is 8.47. The van der Waals surface area contributed by atoms with E-state index in [0.717, 1.165) is 107 Å². The van der Waals surface area contributed by atoms with E-state index in [-0.39, 0.29) is 28.9 Å². The standard InChI is InChI=1S/C22H35N3O.C20H28F3N3O/c1-16(2)18-15-19(24-20(23-18)17-11-7-8-12-17)21(26)25-22(3)13-9-5-4-6-10-14-22;1-19(11-7-3-2-4-8-12-19)26-18(27)15-13-16(20(21,22)23)25-17(24-15)14-9-5-6-10-14/h15-17H,4-14H2,1-3H3,(H,25,26);13-14H,2-12H2,1H3,(H,26,27). The van der Waals surface area contributed by atoms with Crippen molar-refractivity contribution in [1.82, 2.24) is 30.6 Å². The number of nitrogens with one attached hydrogen (secondary N) is 2. The van der Waals surface area contributed by atoms with E-state index in [1.165, 1.54) is 51.4 Å². The van der Waals surface area contributed by atoms with Crippen LogP contribution in [0.1, 0.15) is 231 Å². The van der Waals surface area contributed by atoms with Crippen LogP contribution in [-0.2, 0) is 6.18 Å². The van der Waals surface area contributed by atoms with Crippen molar-refractivity contribution < 1.29 is 22.8 Å². The molecule has 4 aliphatic carbocycles. The first-order chi connectivity index (χ1) is 25.2. The average molecular weight is 741 g/mol. The van der Waals surface area contributed by atoms with Gasteiger partial charge in [-0.25, -0.2) is 19.9 Å². The fourth-order valence-electron chi connectivity index (χ4n) is 8.66. The molecule has 0 atom stereocenters. The summed E-state index contributed by atoms with van der Waals surface area (Å²) in [5, 5.41) is 6.31. The summed E-state index contributed by atoms with van der Waals surface area (Å²) in [6, 6.07) is 2.70. The molecule has 294 valence electrons. The van der Waals surface area contributed by atoms with Gasteiger partial charge in [-0.05, 0) is 77.2 Å². The highest BCUT2D eigenvalue weighted by molar-refractivity contribution is 5.93. The zero-order chi connectivity index (χ0) is 38.1. The fraction of sp³-hybridized carbons (Fsp3) is 0.762. The molecule has 4 aliphatic rings. The van der Waals surface area contributed by atoms with Crippen molar-refractivity contribution in [2.24, 2.45) is 0 Å². The van der Waals surface area contributed by atoms with Crippen LogP contribution in [0.25, 0.3) is 0 Å². The van der Waals surface area contributed by atoms with Gasteiger partial charge in [0.15, 0.2) is 0 Å². The number of halogens is 3. The lowest BCUT2D eigenvalue weighted by molar-refractivity contribution is -0.141. The van der Waals surface area contributed by atoms with Crippen LogP contribution in [0, 0.1) is 0 Å². The van der Waals surface area contributed by atoms with E-state index in [9.17, 15) is 22.8 Å². The van der Waals surface area contributed by atoms with E-state index >= 15 is 0 Å². The summed E-state index contributed by atoms with van der Waals surface area (Å²) in [5.41, 5.74) is -0.124. The van der Waals surface area contributed by atoms with Crippen molar-refractivity contribution in [2.45, 2.75) is 204 Å². The average Bonchev–Trinajstić information content (AvgIpc) is 3.84. The van der Waals surface area contributed by atoms with Gasteiger partial charge in [-0.1, -0.05) is 104 Å². The van der Waals surface area contributed by atoms with Crippen LogP contribution in [-0.4, -0.2) is 42.8 Å². The molecule has 4 saturated carbocycles. The Bertz CT molecular complexity index is 1500. The molecule has 0 saturated heterocycles. The van der Waals surface area contributed by atoms with Gasteiger partial charge in [0, 0.05) is 34.7 Å². The van der Waals surface area contributed by atoms with Gasteiger partial charge < -0.3 is 10.6 Å². The Labute approximate surface area is 315 Å². The van der Waals surface area contributed by atoms with E-state index in [1.807, 2.05) is 13.0 Å². The van der Waals surface area contributed by atoms with Crippen molar-refractivity contribution in [3.8, 4) is 0 Å². The van der Waals surface area contributed by atoms with Crippen molar-refractivity contribution >= 4 is 11.8 Å². The molecule has 0 unspecified atom stereocenters. The Morgan fingerprint density at radius 3 is 1.38 bits per heavy atom. The van der Waals surface area contributed by atoms with Crippen molar-refractivity contribution in [1.29, 1.82) is 0 Å². The molecule has 53 heavy (non-hydrogen) atoms. The Morgan fingerprint density at radius 1 is 0.604 bits per heavy atom. The van der Waals surface area contributed by atoms with Crippen LogP contribution in [0.4, 0.5) is 13.2 Å². The van der Waals surface area contributed by atoms with E-state index in [1.54, 1.807) is 0 Å². The molecule has 0 bridgehead atoms. The fourth-order valence-corrected chi connectivity index (χ4v) is 8.66. The van der Waals surface area contributed by atoms with E-state index in [4.69, 9.17) is 9.97 Å². The molecule has 2 aromatic rings. The van der Waals surface area contributed by atoms with Gasteiger partial charge in [0.2, 0.25) is 0 Å². The van der Waals surface area contributed by atoms with Gasteiger partial charge in [-0.3, -0.25) is 9.59 Å². The molecule has 2 N–H and O–H groups in total. The van der Waals surface area contributed by atoms with Crippen LogP contribution in [0.5, 0.6) is 0 Å². The minimum absolute atomic E-state index is 0.0170. The number of nitrogens with zero attached hydrogens (tertiary/aromatic N) is 4. The lowest BCUT2D eigenvalue weighted by Crippen LogP contribution is -2.46. The van der Waals surface area contributed by atoms with Gasteiger partial charge in [-0.2, -0.15) is 13.2 Å². The summed E-state index contributed by atoms with van der Waals surface area (Å²) in [5.74, 6) is 1.16. The summed E-state index contributed by atoms with van der Waals surface area (Å²) in [6.07, 6.45) is 19.3. The van der Waals surface area contributed by atoms with E-state index in [0.29, 0.717) is 17.5 Å². The van der Waals surface area contributed by atoms with Gasteiger partial charge in [0.1, 0.15) is 28.7 Å². The number of aromatic nitrogens is 4. The van der Waals surface area contributed by atoms with Crippen molar-refractivity contribution in [3.05, 3.63) is 46.6 Å². The maximum atomic E-state index is 13.3. The van der Waals surface area contributed by atoms with Crippen molar-refractivity contribution in [3.63, 3.8) is 0 Å². The highest BCUT2D eigenvalue weighted by atomic mass is 19.4. The number of hydrogen-bond donors (Lipinski definition) is 2. The minimum atomic E-state index is -4.59. The Kier molecular flexibility index (Phi) is 14.3. The molecule has 0 aliphatic heterocycles. The van der Waals surface area contributed by atoms with Crippen LogP contribution in [0.2, 0.25) is 0 Å². The number of carbonyl (C=O) groups excluding carboxylic acids is 2. The molecule has 2 amide bonds. The molecule has 2 heterocycles. The maximum absolute atomic E-state index is 13.3. The SMILES string of the molecule is CC(C)c1cc(C(=O)NC2(C)CCCCCCC2)nc(C2CCCC2)n1.CC1(NC(=O)c2cc(C(F)(F)F)nc(C3CCCC3)n2)CCCCCCC1. The second-order valence-electron chi connectivity index (χ2n) is 17.2. The number of alkyl halides is 3. The lowest BCUT2D eigenvalue weighted by atomic mass is 9.85. The predicted octanol–water partition coefficient (Wildman–Crippen LogP) is 10.9. The largest absolute Gasteiger partial charge is 0.433 e. The normalized spacial score (nSPS) is 21.4. The molecule has 0 aromatic carbocycles. The zero-order valence-electron chi connectivity index (χ0n) is 32.7. The second kappa shape index (κ2) is 18.5. The number of hydrogen-bond acceptors (Lipinski definition) is 6. The monoisotopic (exact) mass is 740 g/mol. The number of amides is 2. The Hall–Kier alpha value is -3.11. The third kappa shape index (κ3) is 11.9. The van der Waals surface area contributed by atoms with E-state index < -0.39 is 23.3 Å². The molecule has 0 spiro atoms. The van der Waals surface area contributed by atoms with E-state index in [2.05, 4.69) is 41.4 Å². The van der Waals surface area contributed by atoms with Gasteiger partial charge in [-0.15, -0.1) is 0 Å². The summed E-state index contributed by atoms with van der Waals surface area (Å²) < 4.78 is 39.9. The molecule has 0 radical (unpaired) electrons. The van der Waals surface area contributed by atoms with Crippen molar-refractivity contribution in [2.75, 3.05) is 0 Å². The van der Waals surface area contributed by atoms with Gasteiger partial charge >= 0.3 is 6.18 Å². The first-order valence-electron chi connectivity index (χ1n) is 20.7. The van der Waals surface area contributed by atoms with Crippen LogP contribution in [0.15, 0.2) is 12.1 Å². The maximum Gasteiger partial charge on any atom is 0.433 e. The third-order valence-electron chi connectivity index (χ3n) is 12.0. The summed E-state index contributed by atoms with van der Waals surface area (Å²) >= 11 is 0. The van der Waals surface area contributed by atoms with Crippen LogP contribution < -0.4 is 10.6 Å². The summed E-state index contributed by atoms with van der Waals surface area (Å²) in [7, 11) is 0. The molecular formula is C42H63F3N6O2. The Morgan fingerprint density at radius 2 is 0.981 bits per heavy atom. The second-order valence-corrected chi connectivity index (χ2v) is 17.2. The number of carbonyl (C=O) groups is 2. The molecule has 4 fully saturated rings. The first kappa shape index (κ1) is 41.1. The first-order valence-corrected chi connectivity index (χ1v) is 20.7. The van der Waals surface area contributed by atoms with Gasteiger partial charge in [0.25, 0.3) is 11.8 Å². The van der Waals surface area contributed by atoms with Crippen LogP contribution in [0.3, 0.4) is 0 Å². The number of rotatable bonds is 7. The highest BCUT2D eigenvalue weighted by Crippen LogP contribution is 2.36. The van der Waals surface area contributed by atoms with Gasteiger partial charge in [0.05, 0.1) is 0 Å². The third-order valence-corrected chi connectivity index (χ3v) is 12.0. The van der Waals surface area contributed by atoms with Crippen LogP contribution >= 0.6 is 0 Å². The zero-order valence-corrected chi connectivity index (χ0v) is 32.7. The molecule has 2 aromatic heterocycles. The molecule has 11 heteroatoms. The molecular weight excluding hydrogens is 677 g/mol. The molecule has 6 rings (SSSR count). The smallest absolute Gasteiger partial charge is 0.346 e. The Balaban J connectivity index is 0.000000204. The summed E-state index contributed by atoms with van der Waals surface area (Å²) in [4.78, 5) is 43.4. The quantitative estimate of drug-likeness (QED) is 0.292.